The highest BCUT2D eigenvalue weighted by molar-refractivity contribution is 6.34. The number of hydrogen-bond donors (Lipinski definition) is 0. The highest BCUT2D eigenvalue weighted by Gasteiger charge is 2.34. The van der Waals surface area contributed by atoms with Crippen LogP contribution in [0.3, 0.4) is 0 Å². The molecule has 0 saturated carbocycles. The first-order valence-corrected chi connectivity index (χ1v) is 10.7. The van der Waals surface area contributed by atoms with Crippen molar-refractivity contribution in [3.63, 3.8) is 0 Å². The van der Waals surface area contributed by atoms with Crippen LogP contribution in [-0.2, 0) is 24.9 Å². The van der Waals surface area contributed by atoms with Gasteiger partial charge >= 0.3 is 0 Å². The molecule has 2 heterocycles. The normalized spacial score (nSPS) is 20.1. The fourth-order valence-electron chi connectivity index (χ4n) is 4.08. The molecule has 3 aromatic rings. The number of benzene rings is 2. The van der Waals surface area contributed by atoms with Gasteiger partial charge < -0.3 is 9.30 Å². The maximum absolute atomic E-state index is 6.44. The summed E-state index contributed by atoms with van der Waals surface area (Å²) in [5, 5.41) is 1.27. The zero-order valence-corrected chi connectivity index (χ0v) is 18.0. The quantitative estimate of drug-likeness (QED) is 0.506. The van der Waals surface area contributed by atoms with Gasteiger partial charge in [0, 0.05) is 29.5 Å². The van der Waals surface area contributed by atoms with Gasteiger partial charge in [-0.3, -0.25) is 4.90 Å². The highest BCUT2D eigenvalue weighted by Crippen LogP contribution is 2.35. The van der Waals surface area contributed by atoms with E-state index in [1.807, 2.05) is 31.6 Å². The number of aromatic nitrogens is 2. The van der Waals surface area contributed by atoms with Crippen LogP contribution in [0, 0.1) is 0 Å². The first kappa shape index (κ1) is 20.4. The number of ether oxygens (including phenoxy) is 1. The van der Waals surface area contributed by atoms with E-state index in [0.717, 1.165) is 37.3 Å². The summed E-state index contributed by atoms with van der Waals surface area (Å²) in [5.74, 6) is 1.06. The molecule has 152 valence electrons. The second kappa shape index (κ2) is 9.31. The first-order valence-electron chi connectivity index (χ1n) is 9.92. The van der Waals surface area contributed by atoms with Gasteiger partial charge in [-0.1, -0.05) is 53.5 Å². The molecule has 4 nitrogen and oxygen atoms in total. The minimum absolute atomic E-state index is 0.0872. The molecule has 1 saturated heterocycles. The van der Waals surface area contributed by atoms with Crippen molar-refractivity contribution in [3.8, 4) is 0 Å². The Morgan fingerprint density at radius 1 is 1.10 bits per heavy atom. The monoisotopic (exact) mass is 429 g/mol. The highest BCUT2D eigenvalue weighted by atomic mass is 35.5. The van der Waals surface area contributed by atoms with Gasteiger partial charge in [0.15, 0.2) is 0 Å². The van der Waals surface area contributed by atoms with Gasteiger partial charge in [-0.15, -0.1) is 0 Å². The third-order valence-electron chi connectivity index (χ3n) is 5.47. The molecule has 0 spiro atoms. The van der Waals surface area contributed by atoms with E-state index in [2.05, 4.69) is 44.8 Å². The van der Waals surface area contributed by atoms with E-state index in [9.17, 15) is 0 Å². The summed E-state index contributed by atoms with van der Waals surface area (Å²) in [6.45, 7) is 2.31. The summed E-state index contributed by atoms with van der Waals surface area (Å²) in [7, 11) is 2.04. The molecule has 1 aliphatic heterocycles. The SMILES string of the molecule is Cn1ccnc1CN1CCC[C@H](OCc2cc(Cl)cc(Cl)c2)[C@@H]1c1ccccc1. The average molecular weight is 430 g/mol. The van der Waals surface area contributed by atoms with Crippen LogP contribution in [0.25, 0.3) is 0 Å². The van der Waals surface area contributed by atoms with Crippen molar-refractivity contribution in [1.29, 1.82) is 0 Å². The second-order valence-electron chi connectivity index (χ2n) is 7.55. The van der Waals surface area contributed by atoms with Crippen LogP contribution >= 0.6 is 23.2 Å². The fourth-order valence-corrected chi connectivity index (χ4v) is 4.65. The summed E-state index contributed by atoms with van der Waals surface area (Å²) in [6, 6.07) is 16.4. The molecule has 1 aromatic heterocycles. The molecule has 0 amide bonds. The minimum Gasteiger partial charge on any atom is -0.372 e. The zero-order valence-electron chi connectivity index (χ0n) is 16.5. The van der Waals surface area contributed by atoms with Crippen LogP contribution in [0.2, 0.25) is 10.0 Å². The Balaban J connectivity index is 1.56. The number of rotatable bonds is 6. The van der Waals surface area contributed by atoms with Gasteiger partial charge in [0.25, 0.3) is 0 Å². The van der Waals surface area contributed by atoms with Gasteiger partial charge in [0.2, 0.25) is 0 Å². The van der Waals surface area contributed by atoms with Crippen LogP contribution in [0.1, 0.15) is 35.8 Å². The number of imidazole rings is 1. The lowest BCUT2D eigenvalue weighted by molar-refractivity contribution is -0.0561. The molecule has 0 aliphatic carbocycles. The van der Waals surface area contributed by atoms with E-state index in [1.54, 1.807) is 6.07 Å². The largest absolute Gasteiger partial charge is 0.372 e. The van der Waals surface area contributed by atoms with Crippen LogP contribution in [0.5, 0.6) is 0 Å². The lowest BCUT2D eigenvalue weighted by Crippen LogP contribution is -2.42. The Labute approximate surface area is 182 Å². The van der Waals surface area contributed by atoms with Crippen molar-refractivity contribution >= 4 is 23.2 Å². The van der Waals surface area contributed by atoms with Crippen molar-refractivity contribution in [1.82, 2.24) is 14.5 Å². The third-order valence-corrected chi connectivity index (χ3v) is 5.91. The number of halogens is 2. The molecule has 0 bridgehead atoms. The summed E-state index contributed by atoms with van der Waals surface area (Å²) in [6.07, 6.45) is 6.05. The van der Waals surface area contributed by atoms with Crippen LogP contribution in [0.4, 0.5) is 0 Å². The Morgan fingerprint density at radius 2 is 1.86 bits per heavy atom. The van der Waals surface area contributed by atoms with Crippen molar-refractivity contribution in [2.45, 2.75) is 38.1 Å². The summed E-state index contributed by atoms with van der Waals surface area (Å²) in [5.41, 5.74) is 2.27. The van der Waals surface area contributed by atoms with Crippen molar-refractivity contribution in [3.05, 3.63) is 87.9 Å². The standard InChI is InChI=1S/C23H25Cl2N3O/c1-27-11-9-26-22(27)15-28-10-5-8-21(23(28)18-6-3-2-4-7-18)29-16-17-12-19(24)14-20(25)13-17/h2-4,6-7,9,11-14,21,23H,5,8,10,15-16H2,1H3/t21-,23-/m0/s1. The predicted molar refractivity (Wildman–Crippen MR) is 117 cm³/mol. The number of nitrogens with zero attached hydrogens (tertiary/aromatic N) is 3. The van der Waals surface area contributed by atoms with Crippen molar-refractivity contribution in [2.24, 2.45) is 7.05 Å². The topological polar surface area (TPSA) is 30.3 Å². The van der Waals surface area contributed by atoms with Gasteiger partial charge in [-0.05, 0) is 48.7 Å². The van der Waals surface area contributed by atoms with Crippen molar-refractivity contribution < 1.29 is 4.74 Å². The third kappa shape index (κ3) is 5.01. The Bertz CT molecular complexity index is 924. The molecule has 0 N–H and O–H groups in total. The van der Waals surface area contributed by atoms with Gasteiger partial charge in [-0.25, -0.2) is 4.98 Å². The number of likely N-dealkylation sites (tertiary alicyclic amines) is 1. The van der Waals surface area contributed by atoms with Gasteiger partial charge in [-0.2, -0.15) is 0 Å². The van der Waals surface area contributed by atoms with Crippen LogP contribution in [0.15, 0.2) is 60.9 Å². The molecule has 0 radical (unpaired) electrons. The second-order valence-corrected chi connectivity index (χ2v) is 8.42. The molecular formula is C23H25Cl2N3O. The summed E-state index contributed by atoms with van der Waals surface area (Å²) >= 11 is 12.3. The molecule has 2 aromatic carbocycles. The molecule has 6 heteroatoms. The van der Waals surface area contributed by atoms with Gasteiger partial charge in [0.05, 0.1) is 25.3 Å². The fraction of sp³-hybridized carbons (Fsp3) is 0.348. The molecule has 1 aliphatic rings. The molecule has 29 heavy (non-hydrogen) atoms. The van der Waals surface area contributed by atoms with Gasteiger partial charge in [0.1, 0.15) is 5.82 Å². The average Bonchev–Trinajstić information content (AvgIpc) is 3.11. The minimum atomic E-state index is 0.0872. The first-order chi connectivity index (χ1) is 14.1. The Morgan fingerprint density at radius 3 is 2.55 bits per heavy atom. The Hall–Kier alpha value is -1.85. The van der Waals surface area contributed by atoms with E-state index < -0.39 is 0 Å². The van der Waals surface area contributed by atoms with Crippen LogP contribution < -0.4 is 0 Å². The van der Waals surface area contributed by atoms with E-state index in [4.69, 9.17) is 27.9 Å². The van der Waals surface area contributed by atoms with Crippen molar-refractivity contribution in [2.75, 3.05) is 6.54 Å². The van der Waals surface area contributed by atoms with Crippen LogP contribution in [-0.4, -0.2) is 27.1 Å². The number of aryl methyl sites for hydroxylation is 1. The molecular weight excluding hydrogens is 405 g/mol. The van der Waals surface area contributed by atoms with E-state index in [0.29, 0.717) is 16.7 Å². The number of piperidine rings is 1. The lowest BCUT2D eigenvalue weighted by atomic mass is 9.92. The predicted octanol–water partition coefficient (Wildman–Crippen LogP) is 5.65. The molecule has 4 rings (SSSR count). The number of hydrogen-bond acceptors (Lipinski definition) is 3. The smallest absolute Gasteiger partial charge is 0.122 e. The molecule has 1 fully saturated rings. The molecule has 2 atom stereocenters. The van der Waals surface area contributed by atoms with E-state index >= 15 is 0 Å². The van der Waals surface area contributed by atoms with E-state index in [-0.39, 0.29) is 12.1 Å². The maximum Gasteiger partial charge on any atom is 0.122 e. The molecule has 0 unspecified atom stereocenters. The van der Waals surface area contributed by atoms with E-state index in [1.165, 1.54) is 5.56 Å². The Kier molecular flexibility index (Phi) is 6.56. The lowest BCUT2D eigenvalue weighted by Gasteiger charge is -2.41. The summed E-state index contributed by atoms with van der Waals surface area (Å²) < 4.78 is 8.52. The summed E-state index contributed by atoms with van der Waals surface area (Å²) in [4.78, 5) is 7.01. The zero-order chi connectivity index (χ0) is 20.2. The maximum atomic E-state index is 6.44.